The van der Waals surface area contributed by atoms with Crippen LogP contribution in [0.2, 0.25) is 0 Å². The van der Waals surface area contributed by atoms with E-state index < -0.39 is 12.2 Å². The Hall–Kier alpha value is -1.94. The van der Waals surface area contributed by atoms with Gasteiger partial charge in [0.1, 0.15) is 0 Å². The van der Waals surface area contributed by atoms with Gasteiger partial charge in [-0.2, -0.15) is 5.26 Å². The van der Waals surface area contributed by atoms with E-state index in [2.05, 4.69) is 5.32 Å². The van der Waals surface area contributed by atoms with Gasteiger partial charge in [0.25, 0.3) is 0 Å². The van der Waals surface area contributed by atoms with E-state index in [1.54, 1.807) is 24.3 Å². The van der Waals surface area contributed by atoms with E-state index in [-0.39, 0.29) is 5.91 Å². The molecule has 1 saturated heterocycles. The molecule has 0 spiro atoms. The summed E-state index contributed by atoms with van der Waals surface area (Å²) in [5, 5.41) is 30.3. The van der Waals surface area contributed by atoms with Gasteiger partial charge in [-0.1, -0.05) is 0 Å². The first-order valence-electron chi connectivity index (χ1n) is 6.97. The summed E-state index contributed by atoms with van der Waals surface area (Å²) in [7, 11) is 0. The van der Waals surface area contributed by atoms with E-state index in [0.717, 1.165) is 0 Å². The summed E-state index contributed by atoms with van der Waals surface area (Å²) >= 11 is 0. The summed E-state index contributed by atoms with van der Waals surface area (Å²) in [4.78, 5) is 13.7. The summed E-state index contributed by atoms with van der Waals surface area (Å²) in [6.45, 7) is 1.59. The number of nitrogens with zero attached hydrogens (tertiary/aromatic N) is 2. The van der Waals surface area contributed by atoms with Gasteiger partial charge in [-0.25, -0.2) is 0 Å². The third-order valence-electron chi connectivity index (χ3n) is 3.51. The van der Waals surface area contributed by atoms with Crippen molar-refractivity contribution in [2.45, 2.75) is 25.0 Å². The number of β-amino-alcohol motifs (C(OH)–C–C–N with tert-alkyl or cyclic N) is 2. The SMILES string of the molecule is N#Cc1ccc(NC(=O)CCCN2CC(O)C(O)C2)cc1. The molecule has 1 aliphatic heterocycles. The summed E-state index contributed by atoms with van der Waals surface area (Å²) in [6, 6.07) is 8.73. The summed E-state index contributed by atoms with van der Waals surface area (Å²) in [6.07, 6.45) is -0.320. The molecular weight excluding hydrogens is 270 g/mol. The smallest absolute Gasteiger partial charge is 0.224 e. The van der Waals surface area contributed by atoms with E-state index in [1.165, 1.54) is 0 Å². The van der Waals surface area contributed by atoms with Gasteiger partial charge in [-0.05, 0) is 37.2 Å². The van der Waals surface area contributed by atoms with Gasteiger partial charge in [0, 0.05) is 25.2 Å². The number of benzene rings is 1. The Balaban J connectivity index is 1.69. The molecular formula is C15H19N3O3. The number of amides is 1. The molecule has 1 aromatic carbocycles. The van der Waals surface area contributed by atoms with Crippen molar-refractivity contribution in [1.29, 1.82) is 5.26 Å². The van der Waals surface area contributed by atoms with Gasteiger partial charge in [0.05, 0.1) is 23.8 Å². The minimum atomic E-state index is -0.683. The molecule has 3 N–H and O–H groups in total. The maximum absolute atomic E-state index is 11.8. The maximum Gasteiger partial charge on any atom is 0.224 e. The minimum absolute atomic E-state index is 0.0833. The monoisotopic (exact) mass is 289 g/mol. The van der Waals surface area contributed by atoms with Crippen LogP contribution in [0.25, 0.3) is 0 Å². The molecule has 0 radical (unpaired) electrons. The number of aliphatic hydroxyl groups is 2. The first-order chi connectivity index (χ1) is 10.1. The molecule has 1 fully saturated rings. The van der Waals surface area contributed by atoms with E-state index >= 15 is 0 Å². The van der Waals surface area contributed by atoms with Crippen LogP contribution in [0.4, 0.5) is 5.69 Å². The van der Waals surface area contributed by atoms with Gasteiger partial charge in [0.2, 0.25) is 5.91 Å². The number of anilines is 1. The summed E-state index contributed by atoms with van der Waals surface area (Å²) in [5.74, 6) is -0.0833. The Bertz CT molecular complexity index is 514. The Kier molecular flexibility index (Phi) is 5.28. The van der Waals surface area contributed by atoms with E-state index in [1.807, 2.05) is 11.0 Å². The zero-order valence-electron chi connectivity index (χ0n) is 11.7. The lowest BCUT2D eigenvalue weighted by Gasteiger charge is -2.14. The lowest BCUT2D eigenvalue weighted by molar-refractivity contribution is -0.116. The van der Waals surface area contributed by atoms with Crippen LogP contribution >= 0.6 is 0 Å². The lowest BCUT2D eigenvalue weighted by Crippen LogP contribution is -2.24. The van der Waals surface area contributed by atoms with Gasteiger partial charge in [-0.15, -0.1) is 0 Å². The summed E-state index contributed by atoms with van der Waals surface area (Å²) < 4.78 is 0. The molecule has 1 aliphatic rings. The number of nitriles is 1. The molecule has 2 rings (SSSR count). The number of carbonyl (C=O) groups is 1. The average Bonchev–Trinajstić information content (AvgIpc) is 2.78. The largest absolute Gasteiger partial charge is 0.389 e. The van der Waals surface area contributed by atoms with Crippen molar-refractivity contribution >= 4 is 11.6 Å². The first kappa shape index (κ1) is 15.4. The van der Waals surface area contributed by atoms with E-state index in [9.17, 15) is 15.0 Å². The van der Waals surface area contributed by atoms with Crippen molar-refractivity contribution in [3.8, 4) is 6.07 Å². The first-order valence-corrected chi connectivity index (χ1v) is 6.97. The van der Waals surface area contributed by atoms with Crippen LogP contribution in [-0.4, -0.2) is 52.9 Å². The van der Waals surface area contributed by atoms with Crippen LogP contribution in [0.3, 0.4) is 0 Å². The number of carbonyl (C=O) groups excluding carboxylic acids is 1. The fourth-order valence-electron chi connectivity index (χ4n) is 2.34. The average molecular weight is 289 g/mol. The third-order valence-corrected chi connectivity index (χ3v) is 3.51. The van der Waals surface area contributed by atoms with Crippen LogP contribution in [0.1, 0.15) is 18.4 Å². The lowest BCUT2D eigenvalue weighted by atomic mass is 10.2. The number of nitrogens with one attached hydrogen (secondary N) is 1. The fraction of sp³-hybridized carbons (Fsp3) is 0.467. The Morgan fingerprint density at radius 2 is 1.90 bits per heavy atom. The topological polar surface area (TPSA) is 96.6 Å². The Morgan fingerprint density at radius 1 is 1.29 bits per heavy atom. The Labute approximate surface area is 123 Å². The zero-order chi connectivity index (χ0) is 15.2. The fourth-order valence-corrected chi connectivity index (χ4v) is 2.34. The van der Waals surface area contributed by atoms with Gasteiger partial charge >= 0.3 is 0 Å². The molecule has 0 saturated carbocycles. The number of hydrogen-bond donors (Lipinski definition) is 3. The highest BCUT2D eigenvalue weighted by Crippen LogP contribution is 2.12. The molecule has 0 aliphatic carbocycles. The second kappa shape index (κ2) is 7.18. The molecule has 6 heteroatoms. The van der Waals surface area contributed by atoms with Crippen LogP contribution in [0.5, 0.6) is 0 Å². The second-order valence-corrected chi connectivity index (χ2v) is 5.24. The molecule has 2 unspecified atom stereocenters. The standard InChI is InChI=1S/C15H19N3O3/c16-8-11-3-5-12(6-4-11)17-15(21)2-1-7-18-9-13(19)14(20)10-18/h3-6,13-14,19-20H,1-2,7,9-10H2,(H,17,21). The van der Waals surface area contributed by atoms with Gasteiger partial charge in [0.15, 0.2) is 0 Å². The number of aliphatic hydroxyl groups excluding tert-OH is 2. The van der Waals surface area contributed by atoms with Crippen LogP contribution in [-0.2, 0) is 4.79 Å². The quantitative estimate of drug-likeness (QED) is 0.725. The number of hydrogen-bond acceptors (Lipinski definition) is 5. The van der Waals surface area contributed by atoms with Crippen molar-refractivity contribution in [2.75, 3.05) is 25.0 Å². The predicted octanol–water partition coefficient (Wildman–Crippen LogP) is 0.314. The molecule has 1 aromatic rings. The molecule has 1 heterocycles. The van der Waals surface area contributed by atoms with Crippen molar-refractivity contribution < 1.29 is 15.0 Å². The van der Waals surface area contributed by atoms with E-state index in [4.69, 9.17) is 5.26 Å². The molecule has 2 atom stereocenters. The number of rotatable bonds is 5. The molecule has 0 aromatic heterocycles. The van der Waals surface area contributed by atoms with Gasteiger partial charge in [-0.3, -0.25) is 9.69 Å². The third kappa shape index (κ3) is 4.53. The normalized spacial score (nSPS) is 22.0. The zero-order valence-corrected chi connectivity index (χ0v) is 11.7. The number of likely N-dealkylation sites (tertiary alicyclic amines) is 1. The highest BCUT2D eigenvalue weighted by molar-refractivity contribution is 5.90. The van der Waals surface area contributed by atoms with Crippen LogP contribution < -0.4 is 5.32 Å². The molecule has 21 heavy (non-hydrogen) atoms. The second-order valence-electron chi connectivity index (χ2n) is 5.24. The van der Waals surface area contributed by atoms with Crippen molar-refractivity contribution in [2.24, 2.45) is 0 Å². The molecule has 6 nitrogen and oxygen atoms in total. The maximum atomic E-state index is 11.8. The van der Waals surface area contributed by atoms with Crippen molar-refractivity contribution in [1.82, 2.24) is 4.90 Å². The van der Waals surface area contributed by atoms with Crippen molar-refractivity contribution in [3.63, 3.8) is 0 Å². The molecule has 112 valence electrons. The molecule has 0 bridgehead atoms. The highest BCUT2D eigenvalue weighted by Gasteiger charge is 2.28. The minimum Gasteiger partial charge on any atom is -0.389 e. The van der Waals surface area contributed by atoms with Crippen LogP contribution in [0.15, 0.2) is 24.3 Å². The van der Waals surface area contributed by atoms with E-state index in [0.29, 0.717) is 43.7 Å². The molecule has 1 amide bonds. The summed E-state index contributed by atoms with van der Waals surface area (Å²) in [5.41, 5.74) is 1.23. The van der Waals surface area contributed by atoms with Gasteiger partial charge < -0.3 is 15.5 Å². The highest BCUT2D eigenvalue weighted by atomic mass is 16.3. The van der Waals surface area contributed by atoms with Crippen LogP contribution in [0, 0.1) is 11.3 Å². The van der Waals surface area contributed by atoms with Crippen molar-refractivity contribution in [3.05, 3.63) is 29.8 Å². The predicted molar refractivity (Wildman–Crippen MR) is 77.5 cm³/mol. The Morgan fingerprint density at radius 3 is 2.48 bits per heavy atom.